The summed E-state index contributed by atoms with van der Waals surface area (Å²) < 4.78 is 23.2. The summed E-state index contributed by atoms with van der Waals surface area (Å²) in [5.41, 5.74) is 0. The molecule has 62 valence electrons. The van der Waals surface area contributed by atoms with Crippen molar-refractivity contribution >= 4 is 11.3 Å². The largest absolute Gasteiger partial charge is 0.306 e. The van der Waals surface area contributed by atoms with Crippen LogP contribution in [0.3, 0.4) is 0 Å². The molecule has 0 radical (unpaired) electrons. The number of hydrogen-bond donors (Lipinski definition) is 1. The molecule has 0 unspecified atom stereocenters. The highest BCUT2D eigenvalue weighted by molar-refractivity contribution is 7.09. The fraction of sp³-hybridized carbons (Fsp3) is 0.429. The lowest BCUT2D eigenvalue weighted by molar-refractivity contribution is 0.145. The highest BCUT2D eigenvalue weighted by Gasteiger charge is 2.00. The van der Waals surface area contributed by atoms with Gasteiger partial charge in [-0.2, -0.15) is 0 Å². The smallest absolute Gasteiger partial charge is 0.250 e. The van der Waals surface area contributed by atoms with Gasteiger partial charge in [0.05, 0.1) is 6.54 Å². The van der Waals surface area contributed by atoms with E-state index in [0.717, 1.165) is 4.88 Å². The zero-order valence-corrected chi connectivity index (χ0v) is 6.70. The van der Waals surface area contributed by atoms with Crippen LogP contribution in [0.1, 0.15) is 4.88 Å². The van der Waals surface area contributed by atoms with Crippen molar-refractivity contribution in [1.29, 1.82) is 0 Å². The van der Waals surface area contributed by atoms with Crippen molar-refractivity contribution in [2.75, 3.05) is 6.54 Å². The second-order valence-corrected chi connectivity index (χ2v) is 3.13. The minimum atomic E-state index is -2.25. The zero-order chi connectivity index (χ0) is 8.10. The van der Waals surface area contributed by atoms with Crippen LogP contribution in [0.5, 0.6) is 0 Å². The van der Waals surface area contributed by atoms with Crippen LogP contribution in [0.15, 0.2) is 17.5 Å². The minimum absolute atomic E-state index is 0.224. The summed E-state index contributed by atoms with van der Waals surface area (Å²) in [4.78, 5) is 1.09. The van der Waals surface area contributed by atoms with E-state index >= 15 is 0 Å². The normalized spacial score (nSPS) is 10.8. The number of rotatable bonds is 4. The van der Waals surface area contributed by atoms with E-state index in [4.69, 9.17) is 0 Å². The van der Waals surface area contributed by atoms with Gasteiger partial charge in [-0.15, -0.1) is 11.3 Å². The van der Waals surface area contributed by atoms with Crippen LogP contribution in [-0.2, 0) is 6.54 Å². The fourth-order valence-corrected chi connectivity index (χ4v) is 1.39. The van der Waals surface area contributed by atoms with Crippen LogP contribution >= 0.6 is 11.3 Å². The number of alkyl halides is 2. The number of hydrogen-bond acceptors (Lipinski definition) is 2. The molecule has 1 nitrogen and oxygen atoms in total. The highest BCUT2D eigenvalue weighted by atomic mass is 32.1. The van der Waals surface area contributed by atoms with Crippen LogP contribution in [0.2, 0.25) is 0 Å². The minimum Gasteiger partial charge on any atom is -0.306 e. The van der Waals surface area contributed by atoms with E-state index in [1.165, 1.54) is 0 Å². The molecule has 0 aliphatic heterocycles. The molecule has 0 aromatic carbocycles. The van der Waals surface area contributed by atoms with Crippen molar-refractivity contribution in [1.82, 2.24) is 5.32 Å². The van der Waals surface area contributed by atoms with Gasteiger partial charge in [0, 0.05) is 11.4 Å². The second kappa shape index (κ2) is 4.41. The summed E-state index contributed by atoms with van der Waals surface area (Å²) in [7, 11) is 0. The Morgan fingerprint density at radius 2 is 2.36 bits per heavy atom. The van der Waals surface area contributed by atoms with Gasteiger partial charge in [0.25, 0.3) is 6.43 Å². The molecule has 1 aromatic rings. The lowest BCUT2D eigenvalue weighted by Crippen LogP contribution is -2.19. The van der Waals surface area contributed by atoms with Gasteiger partial charge in [0.1, 0.15) is 0 Å². The third-order valence-corrected chi connectivity index (χ3v) is 2.05. The van der Waals surface area contributed by atoms with E-state index < -0.39 is 6.43 Å². The van der Waals surface area contributed by atoms with Gasteiger partial charge >= 0.3 is 0 Å². The maximum absolute atomic E-state index is 11.6. The van der Waals surface area contributed by atoms with E-state index in [1.54, 1.807) is 11.3 Å². The van der Waals surface area contributed by atoms with E-state index in [0.29, 0.717) is 6.54 Å². The predicted molar refractivity (Wildman–Crippen MR) is 42.0 cm³/mol. The summed E-state index contributed by atoms with van der Waals surface area (Å²) in [6.45, 7) is 0.319. The second-order valence-electron chi connectivity index (χ2n) is 2.10. The summed E-state index contributed by atoms with van der Waals surface area (Å²) in [5.74, 6) is 0. The van der Waals surface area contributed by atoms with Crippen molar-refractivity contribution in [2.45, 2.75) is 13.0 Å². The molecule has 0 aliphatic rings. The van der Waals surface area contributed by atoms with Gasteiger partial charge in [-0.1, -0.05) is 6.07 Å². The Kier molecular flexibility index (Phi) is 3.45. The van der Waals surface area contributed by atoms with Crippen LogP contribution in [0, 0.1) is 0 Å². The lowest BCUT2D eigenvalue weighted by atomic mass is 10.4. The fourth-order valence-electron chi connectivity index (χ4n) is 0.718. The molecule has 0 amide bonds. The molecule has 0 atom stereocenters. The average Bonchev–Trinajstić information content (AvgIpc) is 2.39. The first-order chi connectivity index (χ1) is 5.29. The van der Waals surface area contributed by atoms with Gasteiger partial charge in [-0.3, -0.25) is 0 Å². The summed E-state index contributed by atoms with van der Waals surface area (Å²) in [6.07, 6.45) is -2.25. The van der Waals surface area contributed by atoms with Gasteiger partial charge in [0.2, 0.25) is 0 Å². The van der Waals surface area contributed by atoms with Crippen molar-refractivity contribution in [3.05, 3.63) is 22.4 Å². The molecule has 0 saturated carbocycles. The lowest BCUT2D eigenvalue weighted by Gasteiger charge is -2.00. The van der Waals surface area contributed by atoms with Crippen LogP contribution in [0.4, 0.5) is 8.78 Å². The Morgan fingerprint density at radius 1 is 1.55 bits per heavy atom. The Bertz CT molecular complexity index is 186. The molecule has 11 heavy (non-hydrogen) atoms. The quantitative estimate of drug-likeness (QED) is 0.742. The average molecular weight is 177 g/mol. The van der Waals surface area contributed by atoms with Crippen LogP contribution in [0.25, 0.3) is 0 Å². The first kappa shape index (κ1) is 8.62. The van der Waals surface area contributed by atoms with E-state index in [-0.39, 0.29) is 6.54 Å². The maximum atomic E-state index is 11.6. The molecule has 0 fully saturated rings. The Balaban J connectivity index is 2.14. The predicted octanol–water partition coefficient (Wildman–Crippen LogP) is 2.10. The van der Waals surface area contributed by atoms with E-state index in [1.807, 2.05) is 17.5 Å². The molecule has 0 bridgehead atoms. The van der Waals surface area contributed by atoms with Crippen molar-refractivity contribution in [3.8, 4) is 0 Å². The highest BCUT2D eigenvalue weighted by Crippen LogP contribution is 2.07. The van der Waals surface area contributed by atoms with E-state index in [2.05, 4.69) is 5.32 Å². The number of nitrogens with one attached hydrogen (secondary N) is 1. The van der Waals surface area contributed by atoms with Gasteiger partial charge < -0.3 is 5.32 Å². The van der Waals surface area contributed by atoms with Crippen molar-refractivity contribution < 1.29 is 8.78 Å². The van der Waals surface area contributed by atoms with Crippen LogP contribution < -0.4 is 5.32 Å². The SMILES string of the molecule is FC(F)CNCc1cccs1. The molecule has 0 aliphatic carbocycles. The third-order valence-electron chi connectivity index (χ3n) is 1.18. The van der Waals surface area contributed by atoms with Crippen molar-refractivity contribution in [2.24, 2.45) is 0 Å². The Hall–Kier alpha value is -0.480. The third kappa shape index (κ3) is 3.43. The van der Waals surface area contributed by atoms with Crippen LogP contribution in [-0.4, -0.2) is 13.0 Å². The topological polar surface area (TPSA) is 12.0 Å². The monoisotopic (exact) mass is 177 g/mol. The number of halogens is 2. The van der Waals surface area contributed by atoms with Gasteiger partial charge in [-0.25, -0.2) is 8.78 Å². The Morgan fingerprint density at radius 3 is 2.91 bits per heavy atom. The standard InChI is InChI=1S/C7H9F2NS/c8-7(9)5-10-4-6-2-1-3-11-6/h1-3,7,10H,4-5H2. The zero-order valence-electron chi connectivity index (χ0n) is 5.89. The molecule has 1 aromatic heterocycles. The molecule has 1 N–H and O–H groups in total. The molecule has 1 rings (SSSR count). The molecular weight excluding hydrogens is 168 g/mol. The van der Waals surface area contributed by atoms with Crippen molar-refractivity contribution in [3.63, 3.8) is 0 Å². The summed E-state index contributed by atoms with van der Waals surface area (Å²) in [5, 5.41) is 4.58. The summed E-state index contributed by atoms with van der Waals surface area (Å²) in [6, 6.07) is 3.83. The molecule has 0 saturated heterocycles. The van der Waals surface area contributed by atoms with E-state index in [9.17, 15) is 8.78 Å². The van der Waals surface area contributed by atoms with Gasteiger partial charge in [-0.05, 0) is 11.4 Å². The molecule has 4 heteroatoms. The molecular formula is C7H9F2NS. The number of thiophene rings is 1. The first-order valence-corrected chi connectivity index (χ1v) is 4.18. The maximum Gasteiger partial charge on any atom is 0.250 e. The Labute approximate surface area is 68.0 Å². The van der Waals surface area contributed by atoms with Gasteiger partial charge in [0.15, 0.2) is 0 Å². The first-order valence-electron chi connectivity index (χ1n) is 3.30. The molecule has 1 heterocycles. The molecule has 0 spiro atoms. The summed E-state index contributed by atoms with van der Waals surface area (Å²) >= 11 is 1.57.